The normalized spacial score (nSPS) is 18.8. The summed E-state index contributed by atoms with van der Waals surface area (Å²) in [4.78, 5) is 24.1. The Morgan fingerprint density at radius 1 is 1.50 bits per heavy atom. The smallest absolute Gasteiger partial charge is 0.321 e. The van der Waals surface area contributed by atoms with E-state index in [0.717, 1.165) is 25.9 Å². The van der Waals surface area contributed by atoms with Gasteiger partial charge in [0.15, 0.2) is 5.69 Å². The molecule has 0 radical (unpaired) electrons. The number of carbonyl (C=O) groups is 1. The molecule has 100 valence electrons. The lowest BCUT2D eigenvalue weighted by Crippen LogP contribution is -2.45. The van der Waals surface area contributed by atoms with Crippen molar-refractivity contribution in [2.75, 3.05) is 13.1 Å². The second-order valence-corrected chi connectivity index (χ2v) is 4.03. The van der Waals surface area contributed by atoms with Crippen molar-refractivity contribution >= 4 is 24.1 Å². The molecule has 1 fully saturated rings. The molecule has 0 bridgehead atoms. The fourth-order valence-electron chi connectivity index (χ4n) is 1.86. The molecule has 0 spiro atoms. The molecule has 1 atom stereocenters. The molecule has 1 unspecified atom stereocenters. The third-order valence-electron chi connectivity index (χ3n) is 2.74. The van der Waals surface area contributed by atoms with Gasteiger partial charge in [0.2, 0.25) is 0 Å². The van der Waals surface area contributed by atoms with Gasteiger partial charge >= 0.3 is 5.82 Å². The van der Waals surface area contributed by atoms with Crippen molar-refractivity contribution in [1.82, 2.24) is 15.6 Å². The van der Waals surface area contributed by atoms with Crippen LogP contribution in [0.1, 0.15) is 23.3 Å². The lowest BCUT2D eigenvalue weighted by molar-refractivity contribution is -0.389. The summed E-state index contributed by atoms with van der Waals surface area (Å²) in [5, 5.41) is 16.5. The highest BCUT2D eigenvalue weighted by molar-refractivity contribution is 5.93. The van der Waals surface area contributed by atoms with E-state index in [1.54, 1.807) is 0 Å². The zero-order valence-corrected chi connectivity index (χ0v) is 10.5. The molecule has 1 aliphatic rings. The van der Waals surface area contributed by atoms with Crippen LogP contribution in [0.5, 0.6) is 0 Å². The highest BCUT2D eigenvalue weighted by Crippen LogP contribution is 2.10. The number of piperidine rings is 1. The lowest BCUT2D eigenvalue weighted by Gasteiger charge is -2.23. The number of carbonyl (C=O) groups excluding carboxylic acids is 1. The molecule has 1 aliphatic heterocycles. The van der Waals surface area contributed by atoms with Gasteiger partial charge in [-0.2, -0.15) is 0 Å². The van der Waals surface area contributed by atoms with Gasteiger partial charge in [-0.25, -0.2) is 4.98 Å². The van der Waals surface area contributed by atoms with Crippen molar-refractivity contribution in [3.63, 3.8) is 0 Å². The van der Waals surface area contributed by atoms with E-state index in [2.05, 4.69) is 15.6 Å². The van der Waals surface area contributed by atoms with Gasteiger partial charge in [0.1, 0.15) is 0 Å². The monoisotopic (exact) mass is 274 g/mol. The van der Waals surface area contributed by atoms with E-state index in [4.69, 9.17) is 0 Å². The second kappa shape index (κ2) is 6.36. The van der Waals surface area contributed by atoms with E-state index in [1.165, 1.54) is 12.1 Å². The summed E-state index contributed by atoms with van der Waals surface area (Å²) in [6.07, 6.45) is 1.96. The number of nitro groups is 1. The van der Waals surface area contributed by atoms with Gasteiger partial charge < -0.3 is 20.7 Å². The van der Waals surface area contributed by atoms with Gasteiger partial charge in [0, 0.05) is 18.7 Å². The predicted molar refractivity (Wildman–Crippen MR) is 68.1 cm³/mol. The van der Waals surface area contributed by atoms with Gasteiger partial charge in [0.25, 0.3) is 5.91 Å². The van der Waals surface area contributed by atoms with Crippen LogP contribution in [0.3, 0.4) is 0 Å². The Morgan fingerprint density at radius 2 is 2.28 bits per heavy atom. The van der Waals surface area contributed by atoms with E-state index < -0.39 is 4.92 Å². The largest absolute Gasteiger partial charge is 0.358 e. The number of hydrogen-bond donors (Lipinski definition) is 3. The van der Waals surface area contributed by atoms with Crippen molar-refractivity contribution in [1.29, 1.82) is 0 Å². The average Bonchev–Trinajstić information content (AvgIpc) is 2.79. The highest BCUT2D eigenvalue weighted by Gasteiger charge is 2.20. The van der Waals surface area contributed by atoms with Crippen molar-refractivity contribution < 1.29 is 9.72 Å². The highest BCUT2D eigenvalue weighted by atomic mass is 35.5. The molecule has 0 saturated carbocycles. The van der Waals surface area contributed by atoms with Crippen molar-refractivity contribution in [2.45, 2.75) is 18.9 Å². The third kappa shape index (κ3) is 3.44. The molecule has 0 aromatic carbocycles. The van der Waals surface area contributed by atoms with E-state index in [0.29, 0.717) is 0 Å². The van der Waals surface area contributed by atoms with Crippen molar-refractivity contribution in [3.8, 4) is 0 Å². The molecular weight excluding hydrogens is 260 g/mol. The first-order chi connectivity index (χ1) is 8.16. The molecule has 1 aromatic heterocycles. The van der Waals surface area contributed by atoms with Gasteiger partial charge in [-0.05, 0) is 30.4 Å². The fraction of sp³-hybridized carbons (Fsp3) is 0.500. The quantitative estimate of drug-likeness (QED) is 0.561. The number of nitrogens with zero attached hydrogens (tertiary/aromatic N) is 1. The molecule has 18 heavy (non-hydrogen) atoms. The Bertz CT molecular complexity index is 429. The number of aromatic nitrogens is 1. The molecule has 1 aromatic rings. The van der Waals surface area contributed by atoms with Crippen molar-refractivity contribution in [2.24, 2.45) is 0 Å². The van der Waals surface area contributed by atoms with Gasteiger partial charge in [-0.1, -0.05) is 0 Å². The summed E-state index contributed by atoms with van der Waals surface area (Å²) >= 11 is 0. The number of halogens is 1. The topological polar surface area (TPSA) is 100 Å². The average molecular weight is 275 g/mol. The first kappa shape index (κ1) is 14.5. The number of nitrogens with one attached hydrogen (secondary N) is 3. The minimum absolute atomic E-state index is 0. The zero-order chi connectivity index (χ0) is 12.3. The SMILES string of the molecule is Cl.O=C(NC1CCCNC1)c1ccc([N+](=O)[O-])[nH]1. The molecule has 1 amide bonds. The van der Waals surface area contributed by atoms with Crippen LogP contribution in [0.4, 0.5) is 5.82 Å². The number of aromatic amines is 1. The van der Waals surface area contributed by atoms with Gasteiger partial charge in [-0.15, -0.1) is 12.4 Å². The van der Waals surface area contributed by atoms with E-state index >= 15 is 0 Å². The zero-order valence-electron chi connectivity index (χ0n) is 9.64. The molecule has 0 aliphatic carbocycles. The van der Waals surface area contributed by atoms with E-state index in [9.17, 15) is 14.9 Å². The summed E-state index contributed by atoms with van der Waals surface area (Å²) in [5.41, 5.74) is 0.224. The Kier molecular flexibility index (Phi) is 5.11. The molecule has 2 heterocycles. The second-order valence-electron chi connectivity index (χ2n) is 4.03. The molecule has 7 nitrogen and oxygen atoms in total. The van der Waals surface area contributed by atoms with Crippen LogP contribution in [0.2, 0.25) is 0 Å². The number of rotatable bonds is 3. The summed E-state index contributed by atoms with van der Waals surface area (Å²) in [6, 6.07) is 2.80. The van der Waals surface area contributed by atoms with Crippen LogP contribution in [0, 0.1) is 10.1 Å². The molecule has 1 saturated heterocycles. The van der Waals surface area contributed by atoms with Crippen LogP contribution >= 0.6 is 12.4 Å². The maximum atomic E-state index is 11.8. The van der Waals surface area contributed by atoms with Crippen LogP contribution in [0.25, 0.3) is 0 Å². The third-order valence-corrected chi connectivity index (χ3v) is 2.74. The van der Waals surface area contributed by atoms with Crippen molar-refractivity contribution in [3.05, 3.63) is 27.9 Å². The lowest BCUT2D eigenvalue weighted by atomic mass is 10.1. The summed E-state index contributed by atoms with van der Waals surface area (Å²) in [6.45, 7) is 1.72. The number of hydrogen-bond acceptors (Lipinski definition) is 4. The van der Waals surface area contributed by atoms with Crippen LogP contribution in [0.15, 0.2) is 12.1 Å². The van der Waals surface area contributed by atoms with E-state index in [-0.39, 0.29) is 35.9 Å². The first-order valence-corrected chi connectivity index (χ1v) is 5.52. The summed E-state index contributed by atoms with van der Waals surface area (Å²) in [5.74, 6) is -0.469. The van der Waals surface area contributed by atoms with E-state index in [1.807, 2.05) is 0 Å². The van der Waals surface area contributed by atoms with Crippen LogP contribution in [-0.2, 0) is 0 Å². The Morgan fingerprint density at radius 3 is 2.83 bits per heavy atom. The minimum atomic E-state index is -0.557. The Labute approximate surface area is 110 Å². The number of amides is 1. The summed E-state index contributed by atoms with van der Waals surface area (Å²) < 4.78 is 0. The Hall–Kier alpha value is -1.60. The minimum Gasteiger partial charge on any atom is -0.358 e. The summed E-state index contributed by atoms with van der Waals surface area (Å²) in [7, 11) is 0. The Balaban J connectivity index is 0.00000162. The maximum absolute atomic E-state index is 11.8. The number of H-pyrrole nitrogens is 1. The van der Waals surface area contributed by atoms with Crippen LogP contribution in [-0.4, -0.2) is 34.9 Å². The molecular formula is C10H15ClN4O3. The molecule has 8 heteroatoms. The standard InChI is InChI=1S/C10H14N4O3.ClH/c15-10(12-7-2-1-5-11-6-7)8-3-4-9(13-8)14(16)17;/h3-4,7,11,13H,1-2,5-6H2,(H,12,15);1H. The molecule has 3 N–H and O–H groups in total. The van der Waals surface area contributed by atoms with Crippen LogP contribution < -0.4 is 10.6 Å². The fourth-order valence-corrected chi connectivity index (χ4v) is 1.86. The van der Waals surface area contributed by atoms with Gasteiger partial charge in [-0.3, -0.25) is 4.79 Å². The molecule has 2 rings (SSSR count). The first-order valence-electron chi connectivity index (χ1n) is 5.52. The maximum Gasteiger partial charge on any atom is 0.321 e. The van der Waals surface area contributed by atoms with Gasteiger partial charge in [0.05, 0.1) is 0 Å². The predicted octanol–water partition coefficient (Wildman–Crippen LogP) is 0.827.